The van der Waals surface area contributed by atoms with Crippen LogP contribution < -0.4 is 0 Å². The molecule has 0 radical (unpaired) electrons. The molecule has 9 rings (SSSR count). The molecule has 0 spiro atoms. The van der Waals surface area contributed by atoms with E-state index in [-0.39, 0.29) is 45.7 Å². The summed E-state index contributed by atoms with van der Waals surface area (Å²) in [5, 5.41) is 4.03. The normalized spacial score (nSPS) is 14.3. The lowest BCUT2D eigenvalue weighted by Crippen LogP contribution is -1.93. The molecule has 0 aliphatic rings. The average Bonchev–Trinajstić information content (AvgIpc) is 3.56. The highest BCUT2D eigenvalue weighted by Crippen LogP contribution is 2.48. The number of rotatable bonds is 3. The predicted molar refractivity (Wildman–Crippen MR) is 183 cm³/mol. The zero-order valence-electron chi connectivity index (χ0n) is 30.8. The van der Waals surface area contributed by atoms with Crippen molar-refractivity contribution in [1.82, 2.24) is 0 Å². The molecule has 0 saturated heterocycles. The van der Waals surface area contributed by atoms with Gasteiger partial charge in [0.05, 0.1) is 11.0 Å². The van der Waals surface area contributed by atoms with Gasteiger partial charge < -0.3 is 4.42 Å². The van der Waals surface area contributed by atoms with E-state index in [2.05, 4.69) is 0 Å². The minimum atomic E-state index is -0.438. The Labute approximate surface area is 260 Å². The van der Waals surface area contributed by atoms with Crippen molar-refractivity contribution in [2.75, 3.05) is 0 Å². The fraction of sp³-hybridized carbons (Fsp3) is 0. The number of hydrogen-bond donors (Lipinski definition) is 0. The van der Waals surface area contributed by atoms with Gasteiger partial charge in [0.1, 0.15) is 11.2 Å². The lowest BCUT2D eigenvalue weighted by Gasteiger charge is -2.20. The van der Waals surface area contributed by atoms with Crippen LogP contribution in [0.5, 0.6) is 0 Å². The molecule has 0 saturated carbocycles. The number of benzene rings is 8. The van der Waals surface area contributed by atoms with Crippen molar-refractivity contribution in [3.63, 3.8) is 0 Å². The molecule has 1 nitrogen and oxygen atoms in total. The van der Waals surface area contributed by atoms with E-state index in [1.54, 1.807) is 6.07 Å². The van der Waals surface area contributed by atoms with Crippen LogP contribution >= 0.6 is 0 Å². The molecule has 1 heterocycles. The summed E-state index contributed by atoms with van der Waals surface area (Å²) in [6, 6.07) is 31.4. The van der Waals surface area contributed by atoms with Gasteiger partial charge in [-0.3, -0.25) is 0 Å². The van der Waals surface area contributed by atoms with Crippen LogP contribution in [-0.4, -0.2) is 0 Å². The smallest absolute Gasteiger partial charge is 0.143 e. The van der Waals surface area contributed by atoms with Gasteiger partial charge in [-0.25, -0.2) is 0 Å². The Balaban J connectivity index is 1.58. The number of fused-ring (bicyclic) bond motifs is 7. The van der Waals surface area contributed by atoms with Crippen LogP contribution in [0.1, 0.15) is 11.0 Å². The summed E-state index contributed by atoms with van der Waals surface area (Å²) in [5.74, 6) is 0. The third-order valence-corrected chi connectivity index (χ3v) is 8.31. The van der Waals surface area contributed by atoms with Crippen molar-refractivity contribution in [1.29, 1.82) is 0 Å². The van der Waals surface area contributed by atoms with Gasteiger partial charge in [0.15, 0.2) is 0 Å². The fourth-order valence-electron chi connectivity index (χ4n) is 6.50. The Bertz CT molecular complexity index is 2870. The largest absolute Gasteiger partial charge is 0.455 e. The first-order valence-corrected chi connectivity index (χ1v) is 14.1. The van der Waals surface area contributed by atoms with Crippen LogP contribution in [0.3, 0.4) is 0 Å². The van der Waals surface area contributed by atoms with Crippen molar-refractivity contribution in [2.24, 2.45) is 0 Å². The molecule has 0 N–H and O–H groups in total. The summed E-state index contributed by atoms with van der Waals surface area (Å²) in [7, 11) is 0. The molecule has 0 amide bonds. The van der Waals surface area contributed by atoms with Crippen molar-refractivity contribution < 1.29 is 15.4 Å². The van der Waals surface area contributed by atoms with Gasteiger partial charge in [0, 0.05) is 16.2 Å². The van der Waals surface area contributed by atoms with E-state index in [0.717, 1.165) is 27.3 Å². The van der Waals surface area contributed by atoms with Crippen LogP contribution in [0.25, 0.3) is 87.6 Å². The number of hydrogen-bond acceptors (Lipinski definition) is 1. The van der Waals surface area contributed by atoms with Crippen molar-refractivity contribution in [3.05, 3.63) is 158 Å². The van der Waals surface area contributed by atoms with E-state index >= 15 is 0 Å². The summed E-state index contributed by atoms with van der Waals surface area (Å²) in [6.45, 7) is 0. The number of furan rings is 1. The molecule has 43 heavy (non-hydrogen) atoms. The molecule has 0 aliphatic heterocycles. The summed E-state index contributed by atoms with van der Waals surface area (Å²) in [5.41, 5.74) is 4.53. The molecular formula is C42H26O. The van der Waals surface area contributed by atoms with E-state index in [9.17, 15) is 5.48 Å². The summed E-state index contributed by atoms with van der Waals surface area (Å²) >= 11 is 0. The van der Waals surface area contributed by atoms with Crippen molar-refractivity contribution >= 4 is 54.3 Å². The molecule has 9 aromatic rings. The lowest BCUT2D eigenvalue weighted by atomic mass is 9.83. The van der Waals surface area contributed by atoms with Gasteiger partial charge in [-0.05, 0) is 72.4 Å². The van der Waals surface area contributed by atoms with E-state index in [4.69, 9.17) is 9.90 Å². The zero-order chi connectivity index (χ0) is 35.3. The van der Waals surface area contributed by atoms with Crippen LogP contribution in [0, 0.1) is 0 Å². The quantitative estimate of drug-likeness (QED) is 0.198. The third kappa shape index (κ3) is 3.58. The van der Waals surface area contributed by atoms with Gasteiger partial charge >= 0.3 is 0 Å². The molecule has 8 aromatic carbocycles. The third-order valence-electron chi connectivity index (χ3n) is 8.31. The molecule has 1 heteroatoms. The molecule has 0 bridgehead atoms. The van der Waals surface area contributed by atoms with Gasteiger partial charge in [-0.15, -0.1) is 0 Å². The molecule has 0 unspecified atom stereocenters. The van der Waals surface area contributed by atoms with E-state index in [1.165, 1.54) is 0 Å². The molecule has 0 atom stereocenters. The van der Waals surface area contributed by atoms with Gasteiger partial charge in [-0.1, -0.05) is 145 Å². The summed E-state index contributed by atoms with van der Waals surface area (Å²) in [6.07, 6.45) is 0. The minimum Gasteiger partial charge on any atom is -0.455 e. The highest BCUT2D eigenvalue weighted by atomic mass is 16.3. The Morgan fingerprint density at radius 1 is 0.419 bits per heavy atom. The fourth-order valence-corrected chi connectivity index (χ4v) is 6.50. The summed E-state index contributed by atoms with van der Waals surface area (Å²) < 4.78 is 79.5. The zero-order valence-corrected chi connectivity index (χ0v) is 22.8. The van der Waals surface area contributed by atoms with Crippen LogP contribution in [-0.2, 0) is 0 Å². The van der Waals surface area contributed by atoms with Crippen LogP contribution in [0.15, 0.2) is 162 Å². The Morgan fingerprint density at radius 2 is 1.00 bits per heavy atom. The van der Waals surface area contributed by atoms with E-state index < -0.39 is 24.2 Å². The first kappa shape index (κ1) is 17.3. The second kappa shape index (κ2) is 9.44. The highest BCUT2D eigenvalue weighted by molar-refractivity contribution is 6.27. The Kier molecular flexibility index (Phi) is 3.80. The molecular weight excluding hydrogens is 520 g/mol. The van der Waals surface area contributed by atoms with Crippen LogP contribution in [0.2, 0.25) is 0 Å². The average molecular weight is 555 g/mol. The first-order chi connectivity index (χ1) is 24.7. The Hall–Kier alpha value is -5.66. The highest BCUT2D eigenvalue weighted by Gasteiger charge is 2.21. The Morgan fingerprint density at radius 3 is 1.72 bits per heavy atom. The van der Waals surface area contributed by atoms with E-state index in [0.29, 0.717) is 38.8 Å². The van der Waals surface area contributed by atoms with Crippen LogP contribution in [0.4, 0.5) is 0 Å². The second-order valence-electron chi connectivity index (χ2n) is 10.6. The topological polar surface area (TPSA) is 13.1 Å². The van der Waals surface area contributed by atoms with E-state index in [1.807, 2.05) is 103 Å². The van der Waals surface area contributed by atoms with Gasteiger partial charge in [0.2, 0.25) is 0 Å². The maximum absolute atomic E-state index is 9.42. The standard InChI is InChI=1S/C42H26O/c1-2-13-27(14-3-1)29-16-6-7-18-31(29)39-32-19-8-10-21-34(32)40(35-22-11-9-20-33(35)39)36-23-12-24-38-41(36)37-26-25-28-15-4-5-17-30(28)42(37)43-38/h1-26H/i8D,9D,10D,11D,19D,20D,21D,22D. The second-order valence-corrected chi connectivity index (χ2v) is 10.6. The molecule has 1 aromatic heterocycles. The predicted octanol–water partition coefficient (Wildman–Crippen LogP) is 12.0. The summed E-state index contributed by atoms with van der Waals surface area (Å²) in [4.78, 5) is 0. The van der Waals surface area contributed by atoms with Gasteiger partial charge in [0.25, 0.3) is 0 Å². The van der Waals surface area contributed by atoms with Gasteiger partial charge in [-0.2, -0.15) is 0 Å². The molecule has 200 valence electrons. The minimum absolute atomic E-state index is 0.166. The van der Waals surface area contributed by atoms with Crippen molar-refractivity contribution in [3.8, 4) is 33.4 Å². The maximum Gasteiger partial charge on any atom is 0.143 e. The molecule has 0 fully saturated rings. The van der Waals surface area contributed by atoms with Crippen molar-refractivity contribution in [2.45, 2.75) is 0 Å². The first-order valence-electron chi connectivity index (χ1n) is 18.1. The monoisotopic (exact) mass is 554 g/mol. The maximum atomic E-state index is 9.42. The lowest BCUT2D eigenvalue weighted by molar-refractivity contribution is 0.673. The molecule has 0 aliphatic carbocycles. The SMILES string of the molecule is [2H]c1c([2H])c([2H])c2c(-c3cccc4oc5c6ccccc6ccc5c34)c3c([2H])c([2H])c([2H])c([2H])c3c(-c3ccccc3-c3ccccc3)c2c1[2H].